The molecule has 0 fully saturated rings. The number of carboxylic acid groups (broad SMARTS) is 1. The van der Waals surface area contributed by atoms with E-state index in [-0.39, 0.29) is 11.4 Å². The van der Waals surface area contributed by atoms with Gasteiger partial charge in [0, 0.05) is 15.5 Å². The van der Waals surface area contributed by atoms with Crippen molar-refractivity contribution in [3.05, 3.63) is 59.5 Å². The zero-order valence-electron chi connectivity index (χ0n) is 12.4. The van der Waals surface area contributed by atoms with Gasteiger partial charge in [-0.25, -0.2) is 8.42 Å². The number of thiophene rings is 1. The zero-order chi connectivity index (χ0) is 16.9. The first-order valence-electron chi connectivity index (χ1n) is 7.31. The second-order valence-electron chi connectivity index (χ2n) is 5.58. The fourth-order valence-corrected chi connectivity index (χ4v) is 6.06. The van der Waals surface area contributed by atoms with E-state index in [0.717, 1.165) is 4.70 Å². The summed E-state index contributed by atoms with van der Waals surface area (Å²) in [5, 5.41) is 11.7. The summed E-state index contributed by atoms with van der Waals surface area (Å²) >= 11 is 1.37. The Labute approximate surface area is 142 Å². The maximum absolute atomic E-state index is 13.2. The Hall–Kier alpha value is -2.38. The van der Waals surface area contributed by atoms with Crippen LogP contribution in [0.2, 0.25) is 0 Å². The number of sulfonamides is 1. The highest BCUT2D eigenvalue weighted by Crippen LogP contribution is 2.41. The Morgan fingerprint density at radius 2 is 1.83 bits per heavy atom. The molecule has 0 saturated heterocycles. The summed E-state index contributed by atoms with van der Waals surface area (Å²) in [5.41, 5.74) is 0.980. The van der Waals surface area contributed by atoms with Crippen LogP contribution in [-0.2, 0) is 14.8 Å². The predicted octanol–water partition coefficient (Wildman–Crippen LogP) is 3.28. The third-order valence-electron chi connectivity index (χ3n) is 4.24. The number of nitrogens with zero attached hydrogens (tertiary/aromatic N) is 1. The maximum Gasteiger partial charge on any atom is 0.312 e. The molecule has 0 aliphatic carbocycles. The predicted molar refractivity (Wildman–Crippen MR) is 93.2 cm³/mol. The van der Waals surface area contributed by atoms with Crippen LogP contribution in [-0.4, -0.2) is 26.0 Å². The molecule has 2 heterocycles. The van der Waals surface area contributed by atoms with Crippen molar-refractivity contribution in [1.82, 2.24) is 0 Å². The van der Waals surface area contributed by atoms with E-state index in [0.29, 0.717) is 16.6 Å². The van der Waals surface area contributed by atoms with Crippen LogP contribution >= 0.6 is 11.3 Å². The molecule has 1 aliphatic rings. The zero-order valence-corrected chi connectivity index (χ0v) is 14.0. The average molecular weight is 359 g/mol. The molecule has 7 heteroatoms. The van der Waals surface area contributed by atoms with Gasteiger partial charge in [-0.1, -0.05) is 36.4 Å². The normalized spacial score (nSPS) is 17.2. The molecule has 1 atom stereocenters. The number of para-hydroxylation sites is 1. The monoisotopic (exact) mass is 359 g/mol. The number of rotatable bonds is 3. The van der Waals surface area contributed by atoms with E-state index in [4.69, 9.17) is 0 Å². The molecule has 1 unspecified atom stereocenters. The van der Waals surface area contributed by atoms with Crippen LogP contribution in [0.15, 0.2) is 58.8 Å². The quantitative estimate of drug-likeness (QED) is 0.779. The van der Waals surface area contributed by atoms with E-state index in [9.17, 15) is 18.3 Å². The van der Waals surface area contributed by atoms with Crippen molar-refractivity contribution in [3.63, 3.8) is 0 Å². The van der Waals surface area contributed by atoms with Gasteiger partial charge in [0.1, 0.15) is 10.8 Å². The van der Waals surface area contributed by atoms with Crippen molar-refractivity contribution < 1.29 is 18.3 Å². The summed E-state index contributed by atoms with van der Waals surface area (Å²) in [6.07, 6.45) is 0. The fourth-order valence-electron chi connectivity index (χ4n) is 3.08. The Bertz CT molecular complexity index is 1060. The van der Waals surface area contributed by atoms with Gasteiger partial charge in [-0.05, 0) is 17.7 Å². The van der Waals surface area contributed by atoms with E-state index < -0.39 is 21.9 Å². The third-order valence-corrected chi connectivity index (χ3v) is 7.17. The molecule has 1 aromatic heterocycles. The highest BCUT2D eigenvalue weighted by atomic mass is 32.2. The van der Waals surface area contributed by atoms with E-state index in [1.165, 1.54) is 15.6 Å². The summed E-state index contributed by atoms with van der Waals surface area (Å²) in [7, 11) is -3.82. The largest absolute Gasteiger partial charge is 0.481 e. The molecule has 0 spiro atoms. The van der Waals surface area contributed by atoms with Crippen LogP contribution in [0.3, 0.4) is 0 Å². The molecule has 2 aromatic carbocycles. The van der Waals surface area contributed by atoms with Gasteiger partial charge >= 0.3 is 5.97 Å². The van der Waals surface area contributed by atoms with Crippen molar-refractivity contribution in [1.29, 1.82) is 0 Å². The molecule has 1 aliphatic heterocycles. The molecule has 4 rings (SSSR count). The Morgan fingerprint density at radius 3 is 2.62 bits per heavy atom. The van der Waals surface area contributed by atoms with E-state index in [2.05, 4.69) is 0 Å². The number of carboxylic acids is 1. The number of hydrogen-bond acceptors (Lipinski definition) is 4. The summed E-state index contributed by atoms with van der Waals surface area (Å²) in [4.78, 5) is 11.7. The van der Waals surface area contributed by atoms with Crippen LogP contribution in [0.25, 0.3) is 10.1 Å². The topological polar surface area (TPSA) is 74.7 Å². The first-order valence-corrected chi connectivity index (χ1v) is 9.63. The highest BCUT2D eigenvalue weighted by molar-refractivity contribution is 7.93. The lowest BCUT2D eigenvalue weighted by Crippen LogP contribution is -2.31. The van der Waals surface area contributed by atoms with Crippen molar-refractivity contribution >= 4 is 43.1 Å². The lowest BCUT2D eigenvalue weighted by molar-refractivity contribution is -0.138. The van der Waals surface area contributed by atoms with Gasteiger partial charge in [-0.3, -0.25) is 9.10 Å². The summed E-state index contributed by atoms with van der Waals surface area (Å²) in [6, 6.07) is 14.1. The Balaban J connectivity index is 1.88. The average Bonchev–Trinajstić information content (AvgIpc) is 3.17. The number of anilines is 1. The first kappa shape index (κ1) is 15.2. The molecule has 3 aromatic rings. The Morgan fingerprint density at radius 1 is 1.12 bits per heavy atom. The van der Waals surface area contributed by atoms with Gasteiger partial charge in [0.2, 0.25) is 0 Å². The number of hydrogen-bond donors (Lipinski definition) is 1. The van der Waals surface area contributed by atoms with Gasteiger partial charge in [-0.2, -0.15) is 0 Å². The van der Waals surface area contributed by atoms with Crippen molar-refractivity contribution in [2.45, 2.75) is 10.8 Å². The molecule has 0 amide bonds. The number of aliphatic carboxylic acids is 1. The fraction of sp³-hybridized carbons (Fsp3) is 0.118. The van der Waals surface area contributed by atoms with Crippen LogP contribution in [0.1, 0.15) is 11.5 Å². The summed E-state index contributed by atoms with van der Waals surface area (Å²) in [6.45, 7) is -0.0822. The summed E-state index contributed by atoms with van der Waals surface area (Å²) < 4.78 is 28.5. The van der Waals surface area contributed by atoms with Crippen molar-refractivity contribution in [2.75, 3.05) is 10.8 Å². The number of fused-ring (bicyclic) bond motifs is 2. The molecule has 5 nitrogen and oxygen atoms in total. The van der Waals surface area contributed by atoms with E-state index >= 15 is 0 Å². The number of benzene rings is 2. The standard InChI is InChI=1S/C17H13NO4S2/c19-17(20)13-9-18(14-7-3-1-5-11(13)14)24(21,22)16-10-23-15-8-4-2-6-12(15)16/h1-8,10,13H,9H2,(H,19,20). The molecular weight excluding hydrogens is 346 g/mol. The van der Waals surface area contributed by atoms with Crippen LogP contribution in [0, 0.1) is 0 Å². The first-order chi connectivity index (χ1) is 11.5. The minimum Gasteiger partial charge on any atom is -0.481 e. The molecule has 0 bridgehead atoms. The smallest absolute Gasteiger partial charge is 0.312 e. The molecule has 0 saturated carbocycles. The lowest BCUT2D eigenvalue weighted by Gasteiger charge is -2.19. The van der Waals surface area contributed by atoms with Gasteiger partial charge in [0.15, 0.2) is 0 Å². The van der Waals surface area contributed by atoms with Gasteiger partial charge in [0.25, 0.3) is 10.0 Å². The van der Waals surface area contributed by atoms with Crippen molar-refractivity contribution in [2.24, 2.45) is 0 Å². The van der Waals surface area contributed by atoms with Gasteiger partial charge < -0.3 is 5.11 Å². The van der Waals surface area contributed by atoms with Crippen molar-refractivity contribution in [3.8, 4) is 0 Å². The minimum atomic E-state index is -3.82. The SMILES string of the molecule is O=C(O)C1CN(S(=O)(=O)c2csc3ccccc23)c2ccccc21. The number of carbonyl (C=O) groups is 1. The van der Waals surface area contributed by atoms with Gasteiger partial charge in [-0.15, -0.1) is 11.3 Å². The lowest BCUT2D eigenvalue weighted by atomic mass is 10.0. The third kappa shape index (κ3) is 2.12. The van der Waals surface area contributed by atoms with Gasteiger partial charge in [0.05, 0.1) is 12.2 Å². The van der Waals surface area contributed by atoms with E-state index in [1.54, 1.807) is 41.8 Å². The highest BCUT2D eigenvalue weighted by Gasteiger charge is 2.40. The van der Waals surface area contributed by atoms with Crippen LogP contribution in [0.4, 0.5) is 5.69 Å². The molecule has 1 N–H and O–H groups in total. The minimum absolute atomic E-state index is 0.0822. The molecule has 24 heavy (non-hydrogen) atoms. The Kier molecular flexibility index (Phi) is 3.36. The second kappa shape index (κ2) is 5.32. The van der Waals surface area contributed by atoms with Crippen LogP contribution in [0.5, 0.6) is 0 Å². The second-order valence-corrected chi connectivity index (χ2v) is 8.32. The van der Waals surface area contributed by atoms with E-state index in [1.807, 2.05) is 12.1 Å². The molecular formula is C17H13NO4S2. The molecule has 122 valence electrons. The summed E-state index contributed by atoms with van der Waals surface area (Å²) in [5.74, 6) is -1.86. The maximum atomic E-state index is 13.2. The molecule has 0 radical (unpaired) electrons. The van der Waals surface area contributed by atoms with Crippen LogP contribution < -0.4 is 4.31 Å².